The summed E-state index contributed by atoms with van der Waals surface area (Å²) in [6.07, 6.45) is 1.16. The molecule has 0 aliphatic heterocycles. The summed E-state index contributed by atoms with van der Waals surface area (Å²) < 4.78 is 18.9. The molecule has 1 aromatic carbocycles. The van der Waals surface area contributed by atoms with Gasteiger partial charge >= 0.3 is 5.97 Å². The SMILES string of the molecule is O=C(O)c1ccnc(Oc2ccc(CO)cc2)c1F. The van der Waals surface area contributed by atoms with Crippen LogP contribution in [0.1, 0.15) is 15.9 Å². The molecule has 2 aromatic rings. The second-order valence-electron chi connectivity index (χ2n) is 3.69. The molecule has 0 bridgehead atoms. The van der Waals surface area contributed by atoms with E-state index < -0.39 is 23.2 Å². The number of nitrogens with zero attached hydrogens (tertiary/aromatic N) is 1. The molecule has 0 unspecified atom stereocenters. The Balaban J connectivity index is 2.27. The van der Waals surface area contributed by atoms with Gasteiger partial charge in [-0.15, -0.1) is 0 Å². The lowest BCUT2D eigenvalue weighted by atomic mass is 10.2. The van der Waals surface area contributed by atoms with E-state index >= 15 is 0 Å². The van der Waals surface area contributed by atoms with E-state index in [0.717, 1.165) is 12.3 Å². The average molecular weight is 263 g/mol. The van der Waals surface area contributed by atoms with Crippen LogP contribution in [0.5, 0.6) is 11.6 Å². The zero-order chi connectivity index (χ0) is 13.8. The van der Waals surface area contributed by atoms with Crippen molar-refractivity contribution in [1.29, 1.82) is 0 Å². The molecule has 6 heteroatoms. The third-order valence-electron chi connectivity index (χ3n) is 2.41. The molecule has 0 saturated carbocycles. The zero-order valence-electron chi connectivity index (χ0n) is 9.71. The van der Waals surface area contributed by atoms with E-state index in [1.54, 1.807) is 12.1 Å². The molecule has 0 radical (unpaired) electrons. The maximum Gasteiger partial charge on any atom is 0.338 e. The molecular weight excluding hydrogens is 253 g/mol. The van der Waals surface area contributed by atoms with Crippen LogP contribution in [0, 0.1) is 5.82 Å². The normalized spacial score (nSPS) is 10.2. The molecule has 1 aromatic heterocycles. The first-order valence-corrected chi connectivity index (χ1v) is 5.37. The smallest absolute Gasteiger partial charge is 0.338 e. The fraction of sp³-hybridized carbons (Fsp3) is 0.0769. The molecule has 0 amide bonds. The topological polar surface area (TPSA) is 79.7 Å². The average Bonchev–Trinajstić information content (AvgIpc) is 2.41. The number of hydrogen-bond donors (Lipinski definition) is 2. The summed E-state index contributed by atoms with van der Waals surface area (Å²) in [5.74, 6) is -2.52. The van der Waals surface area contributed by atoms with Crippen molar-refractivity contribution >= 4 is 5.97 Å². The van der Waals surface area contributed by atoms with Crippen LogP contribution in [0.4, 0.5) is 4.39 Å². The Morgan fingerprint density at radius 3 is 2.53 bits per heavy atom. The lowest BCUT2D eigenvalue weighted by Gasteiger charge is -2.07. The number of aliphatic hydroxyl groups excluding tert-OH is 1. The van der Waals surface area contributed by atoms with Gasteiger partial charge in [0.15, 0.2) is 5.82 Å². The Morgan fingerprint density at radius 2 is 1.95 bits per heavy atom. The van der Waals surface area contributed by atoms with Crippen molar-refractivity contribution in [3.05, 3.63) is 53.5 Å². The molecule has 2 N–H and O–H groups in total. The fourth-order valence-electron chi connectivity index (χ4n) is 1.44. The van der Waals surface area contributed by atoms with E-state index in [4.69, 9.17) is 14.9 Å². The van der Waals surface area contributed by atoms with Gasteiger partial charge in [0.25, 0.3) is 5.88 Å². The van der Waals surface area contributed by atoms with Gasteiger partial charge in [-0.25, -0.2) is 14.2 Å². The molecule has 2 rings (SSSR count). The number of benzene rings is 1. The van der Waals surface area contributed by atoms with Crippen LogP contribution >= 0.6 is 0 Å². The van der Waals surface area contributed by atoms with E-state index in [1.807, 2.05) is 0 Å². The van der Waals surface area contributed by atoms with Crippen LogP contribution < -0.4 is 4.74 Å². The van der Waals surface area contributed by atoms with E-state index in [1.165, 1.54) is 12.1 Å². The third-order valence-corrected chi connectivity index (χ3v) is 2.41. The number of aromatic nitrogens is 1. The first-order chi connectivity index (χ1) is 9.11. The van der Waals surface area contributed by atoms with Gasteiger partial charge < -0.3 is 14.9 Å². The molecule has 1 heterocycles. The van der Waals surface area contributed by atoms with Gasteiger partial charge in [-0.2, -0.15) is 0 Å². The van der Waals surface area contributed by atoms with Crippen LogP contribution in [0.15, 0.2) is 36.5 Å². The largest absolute Gasteiger partial charge is 0.478 e. The van der Waals surface area contributed by atoms with Crippen LogP contribution in [0.25, 0.3) is 0 Å². The van der Waals surface area contributed by atoms with Gasteiger partial charge in [-0.1, -0.05) is 12.1 Å². The van der Waals surface area contributed by atoms with Gasteiger partial charge in [-0.3, -0.25) is 0 Å². The lowest BCUT2D eigenvalue weighted by Crippen LogP contribution is -2.03. The van der Waals surface area contributed by atoms with Crippen molar-refractivity contribution in [3.8, 4) is 11.6 Å². The molecule has 0 aliphatic rings. The predicted molar refractivity (Wildman–Crippen MR) is 63.6 cm³/mol. The highest BCUT2D eigenvalue weighted by atomic mass is 19.1. The second-order valence-corrected chi connectivity index (χ2v) is 3.69. The van der Waals surface area contributed by atoms with E-state index in [-0.39, 0.29) is 6.61 Å². The van der Waals surface area contributed by atoms with Crippen molar-refractivity contribution in [1.82, 2.24) is 4.98 Å². The first-order valence-electron chi connectivity index (χ1n) is 5.37. The highest BCUT2D eigenvalue weighted by Crippen LogP contribution is 2.24. The molecule has 0 fully saturated rings. The Bertz CT molecular complexity index is 598. The summed E-state index contributed by atoms with van der Waals surface area (Å²) in [7, 11) is 0. The van der Waals surface area contributed by atoms with Gasteiger partial charge in [0, 0.05) is 6.20 Å². The van der Waals surface area contributed by atoms with Crippen LogP contribution in [0.3, 0.4) is 0 Å². The maximum atomic E-state index is 13.7. The molecule has 0 atom stereocenters. The Kier molecular flexibility index (Phi) is 3.72. The number of carboxylic acids is 1. The quantitative estimate of drug-likeness (QED) is 0.884. The standard InChI is InChI=1S/C13H10FNO4/c14-11-10(13(17)18)5-6-15-12(11)19-9-3-1-8(7-16)2-4-9/h1-6,16H,7H2,(H,17,18). The van der Waals surface area contributed by atoms with Gasteiger partial charge in [0.05, 0.1) is 6.61 Å². The lowest BCUT2D eigenvalue weighted by molar-refractivity contribution is 0.0690. The molecule has 19 heavy (non-hydrogen) atoms. The Morgan fingerprint density at radius 1 is 1.26 bits per heavy atom. The number of ether oxygens (including phenoxy) is 1. The number of carbonyl (C=O) groups is 1. The van der Waals surface area contributed by atoms with Gasteiger partial charge in [0.1, 0.15) is 11.3 Å². The monoisotopic (exact) mass is 263 g/mol. The van der Waals surface area contributed by atoms with Crippen LogP contribution in [-0.2, 0) is 6.61 Å². The van der Waals surface area contributed by atoms with Gasteiger partial charge in [-0.05, 0) is 23.8 Å². The number of carboxylic acid groups (broad SMARTS) is 1. The number of aliphatic hydroxyl groups is 1. The minimum Gasteiger partial charge on any atom is -0.478 e. The first kappa shape index (κ1) is 13.0. The van der Waals surface area contributed by atoms with Crippen molar-refractivity contribution in [3.63, 3.8) is 0 Å². The van der Waals surface area contributed by atoms with Crippen molar-refractivity contribution in [2.45, 2.75) is 6.61 Å². The summed E-state index contributed by atoms with van der Waals surface area (Å²) in [6.45, 7) is -0.110. The molecule has 0 saturated heterocycles. The summed E-state index contributed by atoms with van der Waals surface area (Å²) in [5.41, 5.74) is 0.178. The van der Waals surface area contributed by atoms with Crippen LogP contribution in [0.2, 0.25) is 0 Å². The number of rotatable bonds is 4. The molecular formula is C13H10FNO4. The van der Waals surface area contributed by atoms with Crippen molar-refractivity contribution in [2.24, 2.45) is 0 Å². The predicted octanol–water partition coefficient (Wildman–Crippen LogP) is 2.20. The summed E-state index contributed by atoms with van der Waals surface area (Å²) in [5, 5.41) is 17.7. The number of pyridine rings is 1. The third kappa shape index (κ3) is 2.86. The fourth-order valence-corrected chi connectivity index (χ4v) is 1.44. The summed E-state index contributed by atoms with van der Waals surface area (Å²) >= 11 is 0. The number of aromatic carboxylic acids is 1. The number of halogens is 1. The molecule has 5 nitrogen and oxygen atoms in total. The minimum atomic E-state index is -1.39. The van der Waals surface area contributed by atoms with Crippen LogP contribution in [-0.4, -0.2) is 21.2 Å². The van der Waals surface area contributed by atoms with E-state index in [9.17, 15) is 9.18 Å². The van der Waals surface area contributed by atoms with Crippen molar-refractivity contribution in [2.75, 3.05) is 0 Å². The zero-order valence-corrected chi connectivity index (χ0v) is 9.71. The Hall–Kier alpha value is -2.47. The highest BCUT2D eigenvalue weighted by Gasteiger charge is 2.16. The van der Waals surface area contributed by atoms with E-state index in [0.29, 0.717) is 11.3 Å². The van der Waals surface area contributed by atoms with E-state index in [2.05, 4.69) is 4.98 Å². The summed E-state index contributed by atoms with van der Waals surface area (Å²) in [6, 6.07) is 7.32. The minimum absolute atomic E-state index is 0.110. The van der Waals surface area contributed by atoms with Gasteiger partial charge in [0.2, 0.25) is 0 Å². The van der Waals surface area contributed by atoms with Crippen molar-refractivity contribution < 1.29 is 24.1 Å². The Labute approximate surface area is 107 Å². The maximum absolute atomic E-state index is 13.7. The number of hydrogen-bond acceptors (Lipinski definition) is 4. The summed E-state index contributed by atoms with van der Waals surface area (Å²) in [4.78, 5) is 14.4. The highest BCUT2D eigenvalue weighted by molar-refractivity contribution is 5.88. The second kappa shape index (κ2) is 5.45. The molecule has 0 aliphatic carbocycles. The molecule has 0 spiro atoms. The molecule has 98 valence electrons.